The maximum atomic E-state index is 10.8. The fourth-order valence-corrected chi connectivity index (χ4v) is 3.22. The van der Waals surface area contributed by atoms with Crippen LogP contribution in [0.15, 0.2) is 6.07 Å². The smallest absolute Gasteiger partial charge is 0.161 e. The lowest BCUT2D eigenvalue weighted by atomic mass is 10.2. The van der Waals surface area contributed by atoms with Crippen molar-refractivity contribution in [3.63, 3.8) is 0 Å². The Bertz CT molecular complexity index is 269. The average Bonchev–Trinajstić information content (AvgIpc) is 2.10. The molecule has 0 N–H and O–H groups in total. The fraction of sp³-hybridized carbons (Fsp3) is 0.167. The van der Waals surface area contributed by atoms with Crippen LogP contribution < -0.4 is 0 Å². The topological polar surface area (TPSA) is 17.1 Å². The zero-order valence-electron chi connectivity index (χ0n) is 5.15. The second kappa shape index (κ2) is 3.19. The minimum atomic E-state index is 0.0764. The predicted octanol–water partition coefficient (Wildman–Crippen LogP) is 3.21. The highest BCUT2D eigenvalue weighted by atomic mass is 127. The normalized spacial score (nSPS) is 9.90. The Hall–Kier alpha value is 0.390. The summed E-state index contributed by atoms with van der Waals surface area (Å²) in [4.78, 5) is 10.8. The number of ketones is 1. The Morgan fingerprint density at radius 3 is 2.60 bits per heavy atom. The first-order chi connectivity index (χ1) is 4.61. The molecule has 0 radical (unpaired) electrons. The highest BCUT2D eigenvalue weighted by Gasteiger charge is 2.08. The number of thiophene rings is 1. The van der Waals surface area contributed by atoms with Gasteiger partial charge in [0.1, 0.15) is 0 Å². The number of hydrogen-bond acceptors (Lipinski definition) is 2. The minimum Gasteiger partial charge on any atom is -0.294 e. The van der Waals surface area contributed by atoms with Gasteiger partial charge in [-0.15, -0.1) is 11.3 Å². The predicted molar refractivity (Wildman–Crippen MR) is 52.1 cm³/mol. The third-order valence-electron chi connectivity index (χ3n) is 1.04. The van der Waals surface area contributed by atoms with Crippen molar-refractivity contribution >= 4 is 51.3 Å². The molecular weight excluding hydrogens is 282 g/mol. The summed E-state index contributed by atoms with van der Waals surface area (Å²) in [6.07, 6.45) is 0. The second-order valence-electron chi connectivity index (χ2n) is 1.79. The molecule has 0 aliphatic carbocycles. The van der Waals surface area contributed by atoms with Crippen LogP contribution in [0.25, 0.3) is 0 Å². The van der Waals surface area contributed by atoms with E-state index in [9.17, 15) is 4.79 Å². The van der Waals surface area contributed by atoms with Crippen molar-refractivity contribution in [3.05, 3.63) is 18.9 Å². The van der Waals surface area contributed by atoms with Gasteiger partial charge >= 0.3 is 0 Å². The van der Waals surface area contributed by atoms with Gasteiger partial charge in [-0.05, 0) is 35.6 Å². The first kappa shape index (κ1) is 8.49. The maximum Gasteiger partial charge on any atom is 0.161 e. The van der Waals surface area contributed by atoms with Gasteiger partial charge in [0, 0.05) is 5.56 Å². The summed E-state index contributed by atoms with van der Waals surface area (Å²) < 4.78 is 1.64. The number of carbonyl (C=O) groups is 1. The average molecular weight is 287 g/mol. The highest BCUT2D eigenvalue weighted by Crippen LogP contribution is 2.28. The van der Waals surface area contributed by atoms with E-state index in [1.54, 1.807) is 13.0 Å². The molecule has 1 rings (SSSR count). The zero-order valence-corrected chi connectivity index (χ0v) is 8.88. The van der Waals surface area contributed by atoms with Crippen molar-refractivity contribution in [2.45, 2.75) is 6.92 Å². The summed E-state index contributed by atoms with van der Waals surface area (Å²) in [7, 11) is 0. The summed E-state index contributed by atoms with van der Waals surface area (Å²) in [6, 6.07) is 1.70. The molecule has 0 unspecified atom stereocenters. The molecule has 0 spiro atoms. The van der Waals surface area contributed by atoms with E-state index in [-0.39, 0.29) is 5.78 Å². The Kier molecular flexibility index (Phi) is 2.71. The lowest BCUT2D eigenvalue weighted by Gasteiger charge is -1.85. The van der Waals surface area contributed by atoms with Crippen LogP contribution in [-0.4, -0.2) is 5.78 Å². The Labute approximate surface area is 81.5 Å². The molecule has 1 aromatic heterocycles. The summed E-state index contributed by atoms with van der Waals surface area (Å²) in [6.45, 7) is 1.54. The SMILES string of the molecule is CC(=O)c1cc(Cl)sc1I. The molecule has 0 aromatic carbocycles. The molecular formula is C6H4ClIOS. The summed E-state index contributed by atoms with van der Waals surface area (Å²) in [5, 5.41) is 0. The molecule has 0 aliphatic rings. The van der Waals surface area contributed by atoms with Crippen LogP contribution in [0.1, 0.15) is 17.3 Å². The Morgan fingerprint density at radius 2 is 2.40 bits per heavy atom. The van der Waals surface area contributed by atoms with Crippen LogP contribution in [0.3, 0.4) is 0 Å². The monoisotopic (exact) mass is 286 g/mol. The molecule has 4 heteroatoms. The van der Waals surface area contributed by atoms with E-state index in [1.807, 2.05) is 0 Å². The van der Waals surface area contributed by atoms with Crippen LogP contribution in [0.4, 0.5) is 0 Å². The number of hydrogen-bond donors (Lipinski definition) is 0. The van der Waals surface area contributed by atoms with E-state index >= 15 is 0 Å². The van der Waals surface area contributed by atoms with Crippen LogP contribution in [0.2, 0.25) is 4.34 Å². The van der Waals surface area contributed by atoms with Gasteiger partial charge in [0.15, 0.2) is 5.78 Å². The molecule has 0 bridgehead atoms. The molecule has 0 fully saturated rings. The van der Waals surface area contributed by atoms with E-state index in [0.717, 1.165) is 8.45 Å². The van der Waals surface area contributed by atoms with Crippen molar-refractivity contribution in [2.75, 3.05) is 0 Å². The summed E-state index contributed by atoms with van der Waals surface area (Å²) in [5.41, 5.74) is 0.732. The number of carbonyl (C=O) groups excluding carboxylic acids is 1. The van der Waals surface area contributed by atoms with Crippen molar-refractivity contribution in [3.8, 4) is 0 Å². The van der Waals surface area contributed by atoms with Gasteiger partial charge in [-0.25, -0.2) is 0 Å². The van der Waals surface area contributed by atoms with Crippen LogP contribution in [-0.2, 0) is 0 Å². The minimum absolute atomic E-state index is 0.0764. The first-order valence-corrected chi connectivity index (χ1v) is 4.84. The van der Waals surface area contributed by atoms with Crippen molar-refractivity contribution in [1.29, 1.82) is 0 Å². The van der Waals surface area contributed by atoms with Gasteiger partial charge < -0.3 is 0 Å². The maximum absolute atomic E-state index is 10.8. The molecule has 1 nitrogen and oxygen atoms in total. The highest BCUT2D eigenvalue weighted by molar-refractivity contribution is 14.1. The van der Waals surface area contributed by atoms with Crippen molar-refractivity contribution < 1.29 is 4.79 Å². The summed E-state index contributed by atoms with van der Waals surface area (Å²) >= 11 is 9.21. The Balaban J connectivity index is 3.15. The van der Waals surface area contributed by atoms with E-state index in [1.165, 1.54) is 11.3 Å². The van der Waals surface area contributed by atoms with Crippen molar-refractivity contribution in [1.82, 2.24) is 0 Å². The fourth-order valence-electron chi connectivity index (χ4n) is 0.580. The van der Waals surface area contributed by atoms with Crippen LogP contribution >= 0.6 is 45.5 Å². The van der Waals surface area contributed by atoms with Gasteiger partial charge in [0.05, 0.1) is 7.22 Å². The quantitative estimate of drug-likeness (QED) is 0.572. The molecule has 1 aromatic rings. The lowest BCUT2D eigenvalue weighted by molar-refractivity contribution is 0.101. The third-order valence-corrected chi connectivity index (χ3v) is 3.33. The molecule has 10 heavy (non-hydrogen) atoms. The molecule has 0 aliphatic heterocycles. The van der Waals surface area contributed by atoms with E-state index in [2.05, 4.69) is 22.6 Å². The van der Waals surface area contributed by atoms with E-state index < -0.39 is 0 Å². The van der Waals surface area contributed by atoms with Gasteiger partial charge in [-0.2, -0.15) is 0 Å². The third kappa shape index (κ3) is 1.71. The first-order valence-electron chi connectivity index (χ1n) is 2.57. The molecule has 0 atom stereocenters. The Morgan fingerprint density at radius 1 is 1.80 bits per heavy atom. The van der Waals surface area contributed by atoms with Gasteiger partial charge in [-0.1, -0.05) is 11.6 Å². The summed E-state index contributed by atoms with van der Waals surface area (Å²) in [5.74, 6) is 0.0764. The van der Waals surface area contributed by atoms with Crippen molar-refractivity contribution in [2.24, 2.45) is 0 Å². The molecule has 0 amide bonds. The standard InChI is InChI=1S/C6H4ClIOS/c1-3(9)4-2-5(7)10-6(4)8/h2H,1H3. The molecule has 0 saturated heterocycles. The van der Waals surface area contributed by atoms with E-state index in [0.29, 0.717) is 4.34 Å². The largest absolute Gasteiger partial charge is 0.294 e. The zero-order chi connectivity index (χ0) is 7.72. The number of halogens is 2. The lowest BCUT2D eigenvalue weighted by Crippen LogP contribution is -1.89. The number of Topliss-reactive ketones (excluding diaryl/α,β-unsaturated/α-hetero) is 1. The molecule has 54 valence electrons. The number of rotatable bonds is 1. The van der Waals surface area contributed by atoms with Gasteiger partial charge in [0.25, 0.3) is 0 Å². The van der Waals surface area contributed by atoms with Gasteiger partial charge in [-0.3, -0.25) is 4.79 Å². The molecule has 0 saturated carbocycles. The molecule has 1 heterocycles. The van der Waals surface area contributed by atoms with E-state index in [4.69, 9.17) is 11.6 Å². The van der Waals surface area contributed by atoms with Gasteiger partial charge in [0.2, 0.25) is 0 Å². The van der Waals surface area contributed by atoms with Crippen LogP contribution in [0.5, 0.6) is 0 Å². The second-order valence-corrected chi connectivity index (χ2v) is 5.29. The van der Waals surface area contributed by atoms with Crippen LogP contribution in [0, 0.1) is 2.88 Å².